The molecule has 1 N–H and O–H groups in total. The number of alkyl halides is 6. The summed E-state index contributed by atoms with van der Waals surface area (Å²) < 4.78 is 91.5. The van der Waals surface area contributed by atoms with Crippen LogP contribution in [0.3, 0.4) is 0 Å². The number of amides is 1. The van der Waals surface area contributed by atoms with Crippen molar-refractivity contribution in [2.45, 2.75) is 29.8 Å². The zero-order chi connectivity index (χ0) is 22.3. The molecular formula is C20H16F7NO2. The molecule has 2 aromatic carbocycles. The van der Waals surface area contributed by atoms with Gasteiger partial charge in [0.2, 0.25) is 6.41 Å². The maximum atomic E-state index is 13.2. The lowest BCUT2D eigenvalue weighted by atomic mass is 9.82. The second-order valence-electron chi connectivity index (χ2n) is 7.15. The van der Waals surface area contributed by atoms with E-state index in [4.69, 9.17) is 0 Å². The van der Waals surface area contributed by atoms with Crippen LogP contribution in [0.15, 0.2) is 48.5 Å². The molecule has 30 heavy (non-hydrogen) atoms. The monoisotopic (exact) mass is 435 g/mol. The fourth-order valence-corrected chi connectivity index (χ4v) is 3.77. The summed E-state index contributed by atoms with van der Waals surface area (Å²) in [4.78, 5) is 12.6. The van der Waals surface area contributed by atoms with Crippen LogP contribution < -0.4 is 0 Å². The van der Waals surface area contributed by atoms with E-state index in [1.54, 1.807) is 0 Å². The quantitative estimate of drug-likeness (QED) is 0.569. The first-order valence-electron chi connectivity index (χ1n) is 8.79. The lowest BCUT2D eigenvalue weighted by molar-refractivity contribution is -0.376. The highest BCUT2D eigenvalue weighted by Crippen LogP contribution is 2.50. The summed E-state index contributed by atoms with van der Waals surface area (Å²) in [6.07, 6.45) is -11.3. The Labute approximate surface area is 166 Å². The maximum Gasteiger partial charge on any atom is 0.430 e. The third-order valence-corrected chi connectivity index (χ3v) is 5.37. The number of carbonyl (C=O) groups is 1. The second kappa shape index (κ2) is 7.57. The Hall–Kier alpha value is -2.62. The predicted molar refractivity (Wildman–Crippen MR) is 92.0 cm³/mol. The van der Waals surface area contributed by atoms with E-state index in [0.29, 0.717) is 29.7 Å². The number of aliphatic hydroxyl groups is 1. The minimum Gasteiger partial charge on any atom is -0.369 e. The molecule has 10 heteroatoms. The van der Waals surface area contributed by atoms with E-state index in [-0.39, 0.29) is 19.0 Å². The minimum absolute atomic E-state index is 0.188. The third kappa shape index (κ3) is 3.76. The molecule has 0 spiro atoms. The molecule has 1 saturated heterocycles. The molecular weight excluding hydrogens is 419 g/mol. The van der Waals surface area contributed by atoms with Gasteiger partial charge in [-0.2, -0.15) is 26.3 Å². The van der Waals surface area contributed by atoms with Crippen molar-refractivity contribution >= 4 is 6.41 Å². The van der Waals surface area contributed by atoms with Crippen molar-refractivity contribution in [3.63, 3.8) is 0 Å². The molecule has 1 fully saturated rings. The molecule has 1 amide bonds. The van der Waals surface area contributed by atoms with Crippen LogP contribution in [0.2, 0.25) is 0 Å². The average molecular weight is 435 g/mol. The van der Waals surface area contributed by atoms with Crippen molar-refractivity contribution in [3.05, 3.63) is 71.0 Å². The third-order valence-electron chi connectivity index (χ3n) is 5.37. The van der Waals surface area contributed by atoms with E-state index in [9.17, 15) is 40.6 Å². The van der Waals surface area contributed by atoms with Crippen LogP contribution in [0, 0.1) is 5.82 Å². The molecule has 3 rings (SSSR count). The van der Waals surface area contributed by atoms with Crippen LogP contribution in [-0.4, -0.2) is 41.9 Å². The van der Waals surface area contributed by atoms with Gasteiger partial charge in [0, 0.05) is 30.5 Å². The van der Waals surface area contributed by atoms with Gasteiger partial charge in [0.05, 0.1) is 0 Å². The Balaban J connectivity index is 1.97. The molecule has 0 bridgehead atoms. The summed E-state index contributed by atoms with van der Waals surface area (Å²) in [6, 6.07) is 8.81. The van der Waals surface area contributed by atoms with Gasteiger partial charge in [-0.15, -0.1) is 0 Å². The van der Waals surface area contributed by atoms with Gasteiger partial charge in [-0.1, -0.05) is 36.4 Å². The zero-order valence-corrected chi connectivity index (χ0v) is 15.2. The SMILES string of the molecule is O=CN1CC(c2ccc(F)cc2)C(c2ccc(C(O)(C(F)(F)F)C(F)(F)F)cc2)C1. The molecule has 0 aromatic heterocycles. The summed E-state index contributed by atoms with van der Waals surface area (Å²) >= 11 is 0. The maximum absolute atomic E-state index is 13.2. The molecule has 2 aromatic rings. The van der Waals surface area contributed by atoms with Crippen molar-refractivity contribution in [1.29, 1.82) is 0 Å². The van der Waals surface area contributed by atoms with Crippen LogP contribution in [-0.2, 0) is 10.4 Å². The van der Waals surface area contributed by atoms with Gasteiger partial charge in [0.25, 0.3) is 5.60 Å². The highest BCUT2D eigenvalue weighted by Gasteiger charge is 2.71. The number of halogens is 7. The smallest absolute Gasteiger partial charge is 0.369 e. The van der Waals surface area contributed by atoms with E-state index < -0.39 is 35.3 Å². The lowest BCUT2D eigenvalue weighted by Crippen LogP contribution is -2.53. The minimum atomic E-state index is -5.97. The highest BCUT2D eigenvalue weighted by atomic mass is 19.4. The predicted octanol–water partition coefficient (Wildman–Crippen LogP) is 4.48. The van der Waals surface area contributed by atoms with Gasteiger partial charge in [-0.05, 0) is 23.3 Å². The van der Waals surface area contributed by atoms with Gasteiger partial charge < -0.3 is 10.0 Å². The van der Waals surface area contributed by atoms with E-state index in [0.717, 1.165) is 12.1 Å². The van der Waals surface area contributed by atoms with Gasteiger partial charge in [0.15, 0.2) is 0 Å². The molecule has 162 valence electrons. The van der Waals surface area contributed by atoms with Gasteiger partial charge in [-0.25, -0.2) is 4.39 Å². The number of benzene rings is 2. The first-order chi connectivity index (χ1) is 13.9. The largest absolute Gasteiger partial charge is 0.430 e. The Morgan fingerprint density at radius 2 is 1.20 bits per heavy atom. The Morgan fingerprint density at radius 1 is 0.800 bits per heavy atom. The fourth-order valence-electron chi connectivity index (χ4n) is 3.77. The van der Waals surface area contributed by atoms with E-state index >= 15 is 0 Å². The summed E-state index contributed by atoms with van der Waals surface area (Å²) in [6.45, 7) is 0.449. The number of hydrogen-bond acceptors (Lipinski definition) is 2. The number of hydrogen-bond donors (Lipinski definition) is 1. The van der Waals surface area contributed by atoms with Crippen molar-refractivity contribution < 1.29 is 40.6 Å². The van der Waals surface area contributed by atoms with Gasteiger partial charge in [0.1, 0.15) is 5.82 Å². The molecule has 0 radical (unpaired) electrons. The van der Waals surface area contributed by atoms with Crippen molar-refractivity contribution in [2.75, 3.05) is 13.1 Å². The number of nitrogens with zero attached hydrogens (tertiary/aromatic N) is 1. The number of likely N-dealkylation sites (tertiary alicyclic amines) is 1. The van der Waals surface area contributed by atoms with Crippen molar-refractivity contribution in [3.8, 4) is 0 Å². The fraction of sp³-hybridized carbons (Fsp3) is 0.350. The summed E-state index contributed by atoms with van der Waals surface area (Å²) in [7, 11) is 0. The second-order valence-corrected chi connectivity index (χ2v) is 7.15. The standard InChI is InChI=1S/C20H16F7NO2/c21-15-7-3-13(4-8-15)17-10-28(11-29)9-16(17)12-1-5-14(6-2-12)18(30,19(22,23)24)20(25,26)27/h1-8,11,16-17,30H,9-10H2. The van der Waals surface area contributed by atoms with Gasteiger partial charge >= 0.3 is 12.4 Å². The van der Waals surface area contributed by atoms with E-state index in [1.165, 1.54) is 29.2 Å². The molecule has 0 aliphatic carbocycles. The molecule has 1 heterocycles. The van der Waals surface area contributed by atoms with Crippen LogP contribution >= 0.6 is 0 Å². The molecule has 0 saturated carbocycles. The average Bonchev–Trinajstić information content (AvgIpc) is 3.11. The highest BCUT2D eigenvalue weighted by molar-refractivity contribution is 5.50. The molecule has 3 nitrogen and oxygen atoms in total. The first-order valence-corrected chi connectivity index (χ1v) is 8.79. The Kier molecular flexibility index (Phi) is 5.57. The number of rotatable bonds is 4. The lowest BCUT2D eigenvalue weighted by Gasteiger charge is -2.33. The zero-order valence-electron chi connectivity index (χ0n) is 15.2. The van der Waals surface area contributed by atoms with Crippen LogP contribution in [0.1, 0.15) is 28.5 Å². The Morgan fingerprint density at radius 3 is 1.57 bits per heavy atom. The molecule has 2 atom stereocenters. The molecule has 2 unspecified atom stereocenters. The van der Waals surface area contributed by atoms with Gasteiger partial charge in [-0.3, -0.25) is 4.79 Å². The molecule has 1 aliphatic heterocycles. The van der Waals surface area contributed by atoms with Crippen LogP contribution in [0.25, 0.3) is 0 Å². The number of carbonyl (C=O) groups excluding carboxylic acids is 1. The molecule has 1 aliphatic rings. The van der Waals surface area contributed by atoms with Crippen molar-refractivity contribution in [2.24, 2.45) is 0 Å². The summed E-state index contributed by atoms with van der Waals surface area (Å²) in [5, 5.41) is 9.51. The van der Waals surface area contributed by atoms with Crippen molar-refractivity contribution in [1.82, 2.24) is 4.90 Å². The Bertz CT molecular complexity index is 877. The van der Waals surface area contributed by atoms with Crippen LogP contribution in [0.5, 0.6) is 0 Å². The van der Waals surface area contributed by atoms with Crippen LogP contribution in [0.4, 0.5) is 30.7 Å². The van der Waals surface area contributed by atoms with E-state index in [2.05, 4.69) is 0 Å². The van der Waals surface area contributed by atoms with E-state index in [1.807, 2.05) is 0 Å². The summed E-state index contributed by atoms with van der Waals surface area (Å²) in [5.74, 6) is -1.23. The first kappa shape index (κ1) is 22.1. The summed E-state index contributed by atoms with van der Waals surface area (Å²) in [5.41, 5.74) is -5.28. The normalized spacial score (nSPS) is 20.5. The topological polar surface area (TPSA) is 40.5 Å².